The van der Waals surface area contributed by atoms with Crippen LogP contribution >= 0.6 is 11.6 Å². The van der Waals surface area contributed by atoms with E-state index in [9.17, 15) is 17.6 Å². The summed E-state index contributed by atoms with van der Waals surface area (Å²) < 4.78 is 44.9. The molecule has 0 aliphatic heterocycles. The van der Waals surface area contributed by atoms with Crippen molar-refractivity contribution in [1.82, 2.24) is 4.72 Å². The van der Waals surface area contributed by atoms with Crippen LogP contribution in [0.4, 0.5) is 10.1 Å². The Hall–Kier alpha value is -2.16. The Morgan fingerprint density at radius 1 is 1.20 bits per heavy atom. The first-order chi connectivity index (χ1) is 11.8. The number of anilines is 1. The Kier molecular flexibility index (Phi) is 6.35. The van der Waals surface area contributed by atoms with Gasteiger partial charge in [-0.2, -0.15) is 0 Å². The highest BCUT2D eigenvalue weighted by Gasteiger charge is 2.13. The number of rotatable bonds is 7. The molecule has 0 aliphatic rings. The smallest absolute Gasteiger partial charge is 0.240 e. The first-order valence-electron chi connectivity index (χ1n) is 7.23. The van der Waals surface area contributed by atoms with Crippen molar-refractivity contribution in [2.24, 2.45) is 0 Å². The number of amides is 1. The van der Waals surface area contributed by atoms with Gasteiger partial charge in [-0.15, -0.1) is 0 Å². The number of hydrogen-bond acceptors (Lipinski definition) is 4. The Morgan fingerprint density at radius 3 is 2.48 bits per heavy atom. The Balaban J connectivity index is 1.89. The number of carbonyl (C=O) groups excluding carboxylic acids is 1. The van der Waals surface area contributed by atoms with Crippen molar-refractivity contribution in [2.45, 2.75) is 11.8 Å². The average molecular weight is 387 g/mol. The van der Waals surface area contributed by atoms with Gasteiger partial charge in [0.25, 0.3) is 0 Å². The molecular weight excluding hydrogens is 371 g/mol. The van der Waals surface area contributed by atoms with Crippen LogP contribution in [0.2, 0.25) is 5.02 Å². The van der Waals surface area contributed by atoms with Crippen molar-refractivity contribution in [3.8, 4) is 5.75 Å². The van der Waals surface area contributed by atoms with Crippen molar-refractivity contribution in [3.63, 3.8) is 0 Å². The third kappa shape index (κ3) is 5.70. The van der Waals surface area contributed by atoms with Crippen molar-refractivity contribution in [3.05, 3.63) is 53.3 Å². The minimum absolute atomic E-state index is 0.00346. The molecule has 2 aromatic rings. The molecule has 0 unspecified atom stereocenters. The molecule has 0 heterocycles. The SMILES string of the molecule is CC(=O)Nc1ccc(S(=O)(=O)NCCOc2ccc(F)cc2Cl)cc1. The number of nitrogens with one attached hydrogen (secondary N) is 2. The summed E-state index contributed by atoms with van der Waals surface area (Å²) in [7, 11) is -3.71. The maximum Gasteiger partial charge on any atom is 0.240 e. The Morgan fingerprint density at radius 2 is 1.88 bits per heavy atom. The molecule has 0 saturated carbocycles. The van der Waals surface area contributed by atoms with E-state index in [-0.39, 0.29) is 34.7 Å². The van der Waals surface area contributed by atoms with E-state index in [4.69, 9.17) is 16.3 Å². The number of benzene rings is 2. The highest BCUT2D eigenvalue weighted by atomic mass is 35.5. The quantitative estimate of drug-likeness (QED) is 0.716. The zero-order chi connectivity index (χ0) is 18.4. The summed E-state index contributed by atoms with van der Waals surface area (Å²) in [6.45, 7) is 1.39. The highest BCUT2D eigenvalue weighted by molar-refractivity contribution is 7.89. The van der Waals surface area contributed by atoms with Gasteiger partial charge in [0.15, 0.2) is 0 Å². The van der Waals surface area contributed by atoms with E-state index in [1.54, 1.807) is 0 Å². The van der Waals surface area contributed by atoms with E-state index in [0.717, 1.165) is 6.07 Å². The second kappa shape index (κ2) is 8.28. The molecule has 0 spiro atoms. The zero-order valence-electron chi connectivity index (χ0n) is 13.3. The van der Waals surface area contributed by atoms with Gasteiger partial charge in [0, 0.05) is 19.2 Å². The summed E-state index contributed by atoms with van der Waals surface area (Å²) in [5.74, 6) is -0.465. The van der Waals surface area contributed by atoms with Crippen LogP contribution in [0.3, 0.4) is 0 Å². The normalized spacial score (nSPS) is 11.2. The van der Waals surface area contributed by atoms with Gasteiger partial charge in [0.05, 0.1) is 9.92 Å². The van der Waals surface area contributed by atoms with Crippen molar-refractivity contribution in [1.29, 1.82) is 0 Å². The van der Waals surface area contributed by atoms with E-state index < -0.39 is 15.8 Å². The molecule has 2 rings (SSSR count). The van der Waals surface area contributed by atoms with Crippen molar-refractivity contribution in [2.75, 3.05) is 18.5 Å². The van der Waals surface area contributed by atoms with Gasteiger partial charge < -0.3 is 10.1 Å². The summed E-state index contributed by atoms with van der Waals surface area (Å²) >= 11 is 5.81. The predicted octanol–water partition coefficient (Wildman–Crippen LogP) is 2.79. The first kappa shape index (κ1) is 19.2. The van der Waals surface area contributed by atoms with Gasteiger partial charge in [0.1, 0.15) is 18.2 Å². The van der Waals surface area contributed by atoms with Gasteiger partial charge in [-0.1, -0.05) is 11.6 Å². The molecule has 1 amide bonds. The van der Waals surface area contributed by atoms with Crippen LogP contribution in [0.1, 0.15) is 6.92 Å². The summed E-state index contributed by atoms with van der Waals surface area (Å²) in [6.07, 6.45) is 0. The fourth-order valence-electron chi connectivity index (χ4n) is 1.93. The summed E-state index contributed by atoms with van der Waals surface area (Å²) in [5.41, 5.74) is 0.501. The van der Waals surface area contributed by atoms with Crippen LogP contribution < -0.4 is 14.8 Å². The van der Waals surface area contributed by atoms with Gasteiger partial charge in [-0.05, 0) is 42.5 Å². The highest BCUT2D eigenvalue weighted by Crippen LogP contribution is 2.24. The molecule has 2 aromatic carbocycles. The number of hydrogen-bond donors (Lipinski definition) is 2. The summed E-state index contributed by atoms with van der Waals surface area (Å²) in [4.78, 5) is 11.0. The third-order valence-corrected chi connectivity index (χ3v) is 4.80. The molecule has 134 valence electrons. The molecule has 9 heteroatoms. The van der Waals surface area contributed by atoms with Crippen LogP contribution in [0, 0.1) is 5.82 Å². The second-order valence-electron chi connectivity index (χ2n) is 5.03. The number of ether oxygens (including phenoxy) is 1. The molecule has 6 nitrogen and oxygen atoms in total. The molecule has 0 atom stereocenters. The van der Waals surface area contributed by atoms with Crippen LogP contribution in [0.25, 0.3) is 0 Å². The van der Waals surface area contributed by atoms with Gasteiger partial charge in [-0.25, -0.2) is 17.5 Å². The molecule has 0 fully saturated rings. The lowest BCUT2D eigenvalue weighted by molar-refractivity contribution is -0.114. The number of carbonyl (C=O) groups is 1. The van der Waals surface area contributed by atoms with Gasteiger partial charge in [-0.3, -0.25) is 4.79 Å². The largest absolute Gasteiger partial charge is 0.491 e. The van der Waals surface area contributed by atoms with Gasteiger partial charge in [0.2, 0.25) is 15.9 Å². The average Bonchev–Trinajstić information content (AvgIpc) is 2.53. The third-order valence-electron chi connectivity index (χ3n) is 3.03. The van der Waals surface area contributed by atoms with E-state index in [1.165, 1.54) is 43.3 Å². The van der Waals surface area contributed by atoms with Crippen LogP contribution in [-0.4, -0.2) is 27.5 Å². The second-order valence-corrected chi connectivity index (χ2v) is 7.20. The first-order valence-corrected chi connectivity index (χ1v) is 9.09. The molecule has 0 aliphatic carbocycles. The lowest BCUT2D eigenvalue weighted by Crippen LogP contribution is -2.28. The molecule has 0 aromatic heterocycles. The molecule has 2 N–H and O–H groups in total. The van der Waals surface area contributed by atoms with Crippen molar-refractivity contribution < 1.29 is 22.3 Å². The standard InChI is InChI=1S/C16H16ClFN2O4S/c1-11(21)20-13-3-5-14(6-4-13)25(22,23)19-8-9-24-16-7-2-12(18)10-15(16)17/h2-7,10,19H,8-9H2,1H3,(H,20,21). The van der Waals surface area contributed by atoms with Crippen LogP contribution in [0.5, 0.6) is 5.75 Å². The van der Waals surface area contributed by atoms with E-state index >= 15 is 0 Å². The summed E-state index contributed by atoms with van der Waals surface area (Å²) in [5, 5.41) is 2.66. The lowest BCUT2D eigenvalue weighted by Gasteiger charge is -2.10. The van der Waals surface area contributed by atoms with E-state index in [1.807, 2.05) is 0 Å². The molecule has 0 bridgehead atoms. The lowest BCUT2D eigenvalue weighted by atomic mass is 10.3. The molecule has 0 saturated heterocycles. The van der Waals surface area contributed by atoms with Crippen LogP contribution in [0.15, 0.2) is 47.4 Å². The predicted molar refractivity (Wildman–Crippen MR) is 92.8 cm³/mol. The van der Waals surface area contributed by atoms with Gasteiger partial charge >= 0.3 is 0 Å². The maximum atomic E-state index is 12.9. The van der Waals surface area contributed by atoms with Crippen LogP contribution in [-0.2, 0) is 14.8 Å². The fourth-order valence-corrected chi connectivity index (χ4v) is 3.17. The molecule has 0 radical (unpaired) electrons. The summed E-state index contributed by atoms with van der Waals surface area (Å²) in [6, 6.07) is 9.42. The van der Waals surface area contributed by atoms with E-state index in [2.05, 4.69) is 10.0 Å². The molecular formula is C16H16ClFN2O4S. The molecule has 25 heavy (non-hydrogen) atoms. The minimum atomic E-state index is -3.71. The van der Waals surface area contributed by atoms with E-state index in [0.29, 0.717) is 5.69 Å². The number of sulfonamides is 1. The topological polar surface area (TPSA) is 84.5 Å². The zero-order valence-corrected chi connectivity index (χ0v) is 14.8. The monoisotopic (exact) mass is 386 g/mol. The van der Waals surface area contributed by atoms with Crippen molar-refractivity contribution >= 4 is 33.2 Å². The Bertz CT molecular complexity index is 857. The number of halogens is 2. The fraction of sp³-hybridized carbons (Fsp3) is 0.188. The minimum Gasteiger partial charge on any atom is -0.491 e. The maximum absolute atomic E-state index is 12.9. The Labute approximate surface area is 150 Å².